The Morgan fingerprint density at radius 1 is 0.526 bits per heavy atom. The molecule has 2 amide bonds. The van der Waals surface area contributed by atoms with Crippen molar-refractivity contribution in [2.75, 3.05) is 22.9 Å². The number of nitrogens with zero attached hydrogens (tertiary/aromatic N) is 2. The quantitative estimate of drug-likeness (QED) is 0.115. The second-order valence-corrected chi connectivity index (χ2v) is 14.2. The van der Waals surface area contributed by atoms with Gasteiger partial charge < -0.3 is 26.4 Å². The lowest BCUT2D eigenvalue weighted by Crippen LogP contribution is -2.40. The number of aryl methyl sites for hydroxylation is 4. The summed E-state index contributed by atoms with van der Waals surface area (Å²) in [6.45, 7) is 8.79. The monoisotopic (exact) mass is 768 g/mol. The van der Waals surface area contributed by atoms with Gasteiger partial charge >= 0.3 is 0 Å². The molecule has 0 aliphatic heterocycles. The zero-order chi connectivity index (χ0) is 41.1. The van der Waals surface area contributed by atoms with Gasteiger partial charge in [-0.25, -0.2) is 8.78 Å². The molecule has 0 saturated carbocycles. The highest BCUT2D eigenvalue weighted by atomic mass is 19.1. The molecule has 0 bridgehead atoms. The van der Waals surface area contributed by atoms with Crippen LogP contribution in [0.15, 0.2) is 140 Å². The van der Waals surface area contributed by atoms with Crippen molar-refractivity contribution in [3.05, 3.63) is 196 Å². The minimum Gasteiger partial charge on any atom is -0.508 e. The van der Waals surface area contributed by atoms with Gasteiger partial charge in [0.2, 0.25) is 11.8 Å². The topological polar surface area (TPSA) is 113 Å². The summed E-state index contributed by atoms with van der Waals surface area (Å²) in [6, 6.07) is 39.2. The van der Waals surface area contributed by atoms with Crippen LogP contribution in [0, 0.1) is 39.3 Å². The zero-order valence-corrected chi connectivity index (χ0v) is 32.8. The van der Waals surface area contributed by atoms with Crippen molar-refractivity contribution in [2.24, 2.45) is 11.5 Å². The van der Waals surface area contributed by atoms with Crippen LogP contribution >= 0.6 is 0 Å². The summed E-state index contributed by atoms with van der Waals surface area (Å²) in [5.74, 6) is -1.46. The van der Waals surface area contributed by atoms with E-state index in [1.807, 2.05) is 137 Å². The van der Waals surface area contributed by atoms with Gasteiger partial charge in [0, 0.05) is 30.5 Å². The van der Waals surface area contributed by atoms with Gasteiger partial charge in [0.15, 0.2) is 0 Å². The molecule has 2 atom stereocenters. The van der Waals surface area contributed by atoms with Crippen molar-refractivity contribution in [3.63, 3.8) is 0 Å². The fourth-order valence-corrected chi connectivity index (χ4v) is 6.41. The molecule has 9 heteroatoms. The molecule has 6 aromatic rings. The van der Waals surface area contributed by atoms with Crippen molar-refractivity contribution in [1.82, 2.24) is 0 Å². The first-order valence-electron chi connectivity index (χ1n) is 18.9. The lowest BCUT2D eigenvalue weighted by atomic mass is 10.0. The molecule has 0 aliphatic rings. The highest BCUT2D eigenvalue weighted by Gasteiger charge is 2.25. The summed E-state index contributed by atoms with van der Waals surface area (Å²) in [4.78, 5) is 29.9. The van der Waals surface area contributed by atoms with Gasteiger partial charge in [-0.3, -0.25) is 9.59 Å². The van der Waals surface area contributed by atoms with Crippen LogP contribution in [0.2, 0.25) is 0 Å². The first kappa shape index (κ1) is 42.0. The summed E-state index contributed by atoms with van der Waals surface area (Å²) in [5, 5.41) is 9.71. The number of halogens is 2. The van der Waals surface area contributed by atoms with E-state index in [2.05, 4.69) is 0 Å². The van der Waals surface area contributed by atoms with E-state index in [4.69, 9.17) is 11.5 Å². The molecule has 57 heavy (non-hydrogen) atoms. The Hall–Kier alpha value is -6.16. The number of phenolic OH excluding ortho intramolecular Hbond substituents is 1. The van der Waals surface area contributed by atoms with E-state index in [1.165, 1.54) is 17.7 Å². The smallest absolute Gasteiger partial charge is 0.248 e. The Balaban J connectivity index is 0.000000218. The number of hydrogen-bond acceptors (Lipinski definition) is 5. The molecule has 0 aliphatic carbocycles. The van der Waals surface area contributed by atoms with E-state index in [9.17, 15) is 23.5 Å². The predicted octanol–water partition coefficient (Wildman–Crippen LogP) is 9.14. The van der Waals surface area contributed by atoms with Gasteiger partial charge in [-0.15, -0.1) is 0 Å². The van der Waals surface area contributed by atoms with Crippen molar-refractivity contribution in [1.29, 1.82) is 0 Å². The normalized spacial score (nSPS) is 11.9. The molecule has 6 aromatic carbocycles. The second-order valence-electron chi connectivity index (χ2n) is 14.2. The SMILES string of the molecule is Cc1ccc(N(CCc2cc(F)cc(F)c2)C(=O)[C@@H](N)c2ccccc2)cc1C.Cc1ccc(N(CCc2cccc(O)c2)C(=O)[C@@H](N)c2ccccc2)cc1C. The Morgan fingerprint density at radius 2 is 0.965 bits per heavy atom. The summed E-state index contributed by atoms with van der Waals surface area (Å²) in [7, 11) is 0. The first-order chi connectivity index (χ1) is 27.3. The maximum atomic E-state index is 13.5. The number of benzene rings is 6. The lowest BCUT2D eigenvalue weighted by Gasteiger charge is -2.27. The fraction of sp³-hybridized carbons (Fsp3) is 0.208. The van der Waals surface area contributed by atoms with E-state index in [1.54, 1.807) is 21.9 Å². The molecule has 0 aromatic heterocycles. The van der Waals surface area contributed by atoms with Crippen molar-refractivity contribution in [2.45, 2.75) is 52.6 Å². The van der Waals surface area contributed by atoms with Gasteiger partial charge in [-0.2, -0.15) is 0 Å². The largest absolute Gasteiger partial charge is 0.508 e. The summed E-state index contributed by atoms with van der Waals surface area (Å²) >= 11 is 0. The van der Waals surface area contributed by atoms with E-state index >= 15 is 0 Å². The molecule has 7 nitrogen and oxygen atoms in total. The van der Waals surface area contributed by atoms with Gasteiger partial charge in [0.1, 0.15) is 29.5 Å². The predicted molar refractivity (Wildman–Crippen MR) is 225 cm³/mol. The minimum atomic E-state index is -0.831. The summed E-state index contributed by atoms with van der Waals surface area (Å²) < 4.78 is 27.1. The zero-order valence-electron chi connectivity index (χ0n) is 32.8. The number of carbonyl (C=O) groups is 2. The highest BCUT2D eigenvalue weighted by Crippen LogP contribution is 2.26. The Kier molecular flexibility index (Phi) is 14.5. The van der Waals surface area contributed by atoms with Gasteiger partial charge in [0.05, 0.1) is 0 Å². The molecule has 6 rings (SSSR count). The third-order valence-electron chi connectivity index (χ3n) is 10.1. The molecule has 294 valence electrons. The molecule has 0 spiro atoms. The Bertz CT molecular complexity index is 2260. The maximum Gasteiger partial charge on any atom is 0.248 e. The van der Waals surface area contributed by atoms with Crippen molar-refractivity contribution in [3.8, 4) is 5.75 Å². The van der Waals surface area contributed by atoms with Crippen LogP contribution in [0.25, 0.3) is 0 Å². The number of amides is 2. The number of nitrogens with two attached hydrogens (primary N) is 2. The first-order valence-corrected chi connectivity index (χ1v) is 18.9. The summed E-state index contributed by atoms with van der Waals surface area (Å²) in [5.41, 5.74) is 21.5. The standard InChI is InChI=1S/C24H24F2N2O.C24H26N2O2/c1-16-8-9-22(12-17(16)2)28(11-10-18-13-20(25)15-21(26)14-18)24(29)23(27)19-6-4-3-5-7-19;1-17-11-12-21(15-18(17)2)26(14-13-19-7-6-10-22(27)16-19)24(28)23(25)20-8-4-3-5-9-20/h3-9,12-15,23H,10-11,27H2,1-2H3;3-12,15-16,23,27H,13-14,25H2,1-2H3/t2*23-/m00/s1. The third kappa shape index (κ3) is 11.4. The van der Waals surface area contributed by atoms with Crippen LogP contribution in [-0.4, -0.2) is 30.0 Å². The molecule has 0 unspecified atom stereocenters. The highest BCUT2D eigenvalue weighted by molar-refractivity contribution is 5.98. The maximum absolute atomic E-state index is 13.5. The van der Waals surface area contributed by atoms with E-state index in [-0.39, 0.29) is 24.1 Å². The van der Waals surface area contributed by atoms with Crippen LogP contribution in [0.5, 0.6) is 5.75 Å². The Labute approximate surface area is 334 Å². The molecular formula is C48H50F2N4O3. The van der Waals surface area contributed by atoms with E-state index in [0.29, 0.717) is 36.2 Å². The molecule has 0 saturated heterocycles. The molecule has 0 radical (unpaired) electrons. The van der Waals surface area contributed by atoms with Crippen LogP contribution < -0.4 is 21.3 Å². The van der Waals surface area contributed by atoms with Gasteiger partial charge in [0.25, 0.3) is 0 Å². The van der Waals surface area contributed by atoms with Gasteiger partial charge in [-0.05, 0) is 134 Å². The van der Waals surface area contributed by atoms with Crippen LogP contribution in [0.4, 0.5) is 20.2 Å². The number of anilines is 2. The molecular weight excluding hydrogens is 719 g/mol. The average molecular weight is 769 g/mol. The van der Waals surface area contributed by atoms with Crippen molar-refractivity contribution >= 4 is 23.2 Å². The molecule has 5 N–H and O–H groups in total. The molecule has 0 heterocycles. The second kappa shape index (κ2) is 19.6. The lowest BCUT2D eigenvalue weighted by molar-refractivity contribution is -0.120. The molecule has 0 fully saturated rings. The van der Waals surface area contributed by atoms with E-state index in [0.717, 1.165) is 39.6 Å². The average Bonchev–Trinajstić information content (AvgIpc) is 3.20. The number of phenols is 1. The number of rotatable bonds is 12. The third-order valence-corrected chi connectivity index (χ3v) is 10.1. The minimum absolute atomic E-state index is 0.144. The van der Waals surface area contributed by atoms with Crippen LogP contribution in [-0.2, 0) is 22.4 Å². The number of carbonyl (C=O) groups excluding carboxylic acids is 2. The number of aromatic hydroxyl groups is 1. The van der Waals surface area contributed by atoms with E-state index < -0.39 is 23.7 Å². The fourth-order valence-electron chi connectivity index (χ4n) is 6.41. The van der Waals surface area contributed by atoms with Crippen LogP contribution in [0.1, 0.15) is 56.6 Å². The van der Waals surface area contributed by atoms with Gasteiger partial charge in [-0.1, -0.05) is 84.9 Å². The number of hydrogen-bond donors (Lipinski definition) is 3. The summed E-state index contributed by atoms with van der Waals surface area (Å²) in [6.07, 6.45) is 0.920. The Morgan fingerprint density at radius 3 is 1.39 bits per heavy atom. The van der Waals surface area contributed by atoms with Crippen molar-refractivity contribution < 1.29 is 23.5 Å². The van der Waals surface area contributed by atoms with Crippen LogP contribution in [0.3, 0.4) is 0 Å².